The van der Waals surface area contributed by atoms with Gasteiger partial charge in [-0.15, -0.1) is 0 Å². The number of carbonyl (C=O) groups is 3. The van der Waals surface area contributed by atoms with Crippen LogP contribution in [0.4, 0.5) is 0 Å². The van der Waals surface area contributed by atoms with Crippen LogP contribution in [0.3, 0.4) is 0 Å². The summed E-state index contributed by atoms with van der Waals surface area (Å²) in [4.78, 5) is 35.0. The minimum atomic E-state index is -1.02. The number of nitrogens with one attached hydrogen (secondary N) is 1. The predicted octanol–water partition coefficient (Wildman–Crippen LogP) is 13.8. The summed E-state index contributed by atoms with van der Waals surface area (Å²) in [6.45, 7) is 4.11. The second-order valence-electron chi connectivity index (χ2n) is 14.6. The highest BCUT2D eigenvalue weighted by atomic mass is 16.5. The summed E-state index contributed by atoms with van der Waals surface area (Å²) in [6, 6.07) is 0. The zero-order chi connectivity index (χ0) is 39.4. The van der Waals surface area contributed by atoms with E-state index in [1.807, 2.05) is 0 Å². The molecule has 0 radical (unpaired) electrons. The molecule has 1 unspecified atom stereocenters. The number of hydrogen-bond acceptors (Lipinski definition) is 4. The smallest absolute Gasteiger partial charge is 0.322 e. The van der Waals surface area contributed by atoms with Crippen molar-refractivity contribution >= 4 is 17.8 Å². The molecule has 54 heavy (non-hydrogen) atoms. The van der Waals surface area contributed by atoms with Gasteiger partial charge >= 0.3 is 11.9 Å². The molecule has 6 nitrogen and oxygen atoms in total. The van der Waals surface area contributed by atoms with Gasteiger partial charge in [-0.3, -0.25) is 14.4 Å². The first kappa shape index (κ1) is 50.9. The lowest BCUT2D eigenvalue weighted by atomic mass is 10.0. The number of carbonyl (C=O) groups excluding carboxylic acids is 2. The van der Waals surface area contributed by atoms with Crippen LogP contribution in [0.1, 0.15) is 200 Å². The van der Waals surface area contributed by atoms with E-state index in [0.29, 0.717) is 19.3 Å². The van der Waals surface area contributed by atoms with Gasteiger partial charge in [0.15, 0.2) is 0 Å². The third-order valence-electron chi connectivity index (χ3n) is 9.41. The van der Waals surface area contributed by atoms with E-state index in [0.717, 1.165) is 89.9 Å². The van der Waals surface area contributed by atoms with Crippen LogP contribution in [0.5, 0.6) is 0 Å². The van der Waals surface area contributed by atoms with Gasteiger partial charge in [0.05, 0.1) is 0 Å². The Hall–Kier alpha value is -3.15. The molecule has 1 atom stereocenters. The van der Waals surface area contributed by atoms with Gasteiger partial charge in [-0.05, 0) is 77.0 Å². The second kappa shape index (κ2) is 42.6. The number of hydrogen-bond donors (Lipinski definition) is 2. The highest BCUT2D eigenvalue weighted by Gasteiger charge is 2.14. The lowest BCUT2D eigenvalue weighted by molar-refractivity contribution is -0.149. The van der Waals surface area contributed by atoms with Crippen LogP contribution >= 0.6 is 0 Å². The van der Waals surface area contributed by atoms with Crippen molar-refractivity contribution in [2.45, 2.75) is 206 Å². The molecule has 0 aromatic carbocycles. The zero-order valence-electron chi connectivity index (χ0n) is 34.8. The molecule has 0 aliphatic rings. The fourth-order valence-corrected chi connectivity index (χ4v) is 6.19. The van der Waals surface area contributed by atoms with Crippen molar-refractivity contribution in [2.24, 2.45) is 0 Å². The maximum Gasteiger partial charge on any atom is 0.322 e. The maximum absolute atomic E-state index is 12.7. The van der Waals surface area contributed by atoms with Crippen LogP contribution in [0, 0.1) is 0 Å². The molecule has 0 spiro atoms. The van der Waals surface area contributed by atoms with Gasteiger partial charge in [-0.25, -0.2) is 0 Å². The molecule has 0 rings (SSSR count). The number of allylic oxidation sites excluding steroid dienone is 12. The standard InChI is InChI=1S/C48H81NO5/c1-3-5-7-9-11-13-15-17-18-19-20-21-22-24-26-28-30-35-39-43-48(53)54-45(41-37-33-31-34-38-42-46(50)49-44-47(51)52)40-36-32-29-27-25-23-16-14-12-10-8-6-4-2/h5,7,11,13,17-18,20-21,24,26,30,35,45H,3-4,6,8-10,12,14-16,19,22-23,25,27-29,31-34,36-44H2,1-2H3,(H,49,50)(H,51,52)/b7-5-,13-11-,18-17-,21-20-,26-24-,35-30-. The number of aliphatic carboxylic acids is 1. The lowest BCUT2D eigenvalue weighted by Gasteiger charge is -2.18. The number of unbranched alkanes of at least 4 members (excludes halogenated alkanes) is 16. The molecular formula is C48H81NO5. The van der Waals surface area contributed by atoms with Crippen LogP contribution in [0.25, 0.3) is 0 Å². The molecular weight excluding hydrogens is 671 g/mol. The van der Waals surface area contributed by atoms with Gasteiger partial charge in [0.25, 0.3) is 0 Å². The van der Waals surface area contributed by atoms with Crippen molar-refractivity contribution in [3.05, 3.63) is 72.9 Å². The monoisotopic (exact) mass is 752 g/mol. The summed E-state index contributed by atoms with van der Waals surface area (Å²) in [6.07, 6.45) is 57.4. The first-order valence-corrected chi connectivity index (χ1v) is 22.1. The Morgan fingerprint density at radius 3 is 1.31 bits per heavy atom. The minimum Gasteiger partial charge on any atom is -0.480 e. The summed E-state index contributed by atoms with van der Waals surface area (Å²) in [5.74, 6) is -1.32. The highest BCUT2D eigenvalue weighted by molar-refractivity contribution is 5.80. The number of amides is 1. The molecule has 6 heteroatoms. The molecule has 308 valence electrons. The number of carboxylic acids is 1. The molecule has 0 saturated carbocycles. The number of esters is 1. The first-order valence-electron chi connectivity index (χ1n) is 22.1. The molecule has 1 amide bonds. The van der Waals surface area contributed by atoms with Crippen molar-refractivity contribution in [2.75, 3.05) is 6.54 Å². The average Bonchev–Trinajstić information content (AvgIpc) is 3.16. The van der Waals surface area contributed by atoms with Gasteiger partial charge in [0, 0.05) is 12.8 Å². The summed E-state index contributed by atoms with van der Waals surface area (Å²) in [7, 11) is 0. The minimum absolute atomic E-state index is 0.0164. The van der Waals surface area contributed by atoms with Gasteiger partial charge in [-0.1, -0.05) is 183 Å². The van der Waals surface area contributed by atoms with E-state index < -0.39 is 5.97 Å². The van der Waals surface area contributed by atoms with Gasteiger partial charge in [-0.2, -0.15) is 0 Å². The Kier molecular flexibility index (Phi) is 40.1. The Bertz CT molecular complexity index is 1050. The van der Waals surface area contributed by atoms with E-state index in [1.54, 1.807) is 0 Å². The first-order chi connectivity index (χ1) is 26.5. The molecule has 0 aromatic rings. The van der Waals surface area contributed by atoms with Crippen LogP contribution in [0.2, 0.25) is 0 Å². The molecule has 0 bridgehead atoms. The quantitative estimate of drug-likeness (QED) is 0.0371. The van der Waals surface area contributed by atoms with Crippen molar-refractivity contribution in [3.63, 3.8) is 0 Å². The van der Waals surface area contributed by atoms with E-state index in [9.17, 15) is 14.4 Å². The topological polar surface area (TPSA) is 92.7 Å². The molecule has 0 aliphatic carbocycles. The lowest BCUT2D eigenvalue weighted by Crippen LogP contribution is -2.28. The molecule has 0 heterocycles. The van der Waals surface area contributed by atoms with Crippen LogP contribution < -0.4 is 5.32 Å². The largest absolute Gasteiger partial charge is 0.480 e. The highest BCUT2D eigenvalue weighted by Crippen LogP contribution is 2.18. The molecule has 0 fully saturated rings. The van der Waals surface area contributed by atoms with Crippen molar-refractivity contribution in [3.8, 4) is 0 Å². The van der Waals surface area contributed by atoms with E-state index >= 15 is 0 Å². The molecule has 0 aromatic heterocycles. The summed E-state index contributed by atoms with van der Waals surface area (Å²) >= 11 is 0. The number of ether oxygens (including phenoxy) is 1. The van der Waals surface area contributed by atoms with Crippen molar-refractivity contribution < 1.29 is 24.2 Å². The molecule has 2 N–H and O–H groups in total. The van der Waals surface area contributed by atoms with Gasteiger partial charge in [0.2, 0.25) is 5.91 Å². The SMILES string of the molecule is CC/C=C\C/C=C\C/C=C\C/C=C\C/C=C\C/C=C\CCC(=O)OC(CCCCCCCCCCCCCCC)CCCCCCCC(=O)NCC(=O)O. The normalized spacial score (nSPS) is 12.8. The predicted molar refractivity (Wildman–Crippen MR) is 231 cm³/mol. The van der Waals surface area contributed by atoms with Crippen LogP contribution in [-0.4, -0.2) is 35.6 Å². The molecule has 0 saturated heterocycles. The van der Waals surface area contributed by atoms with E-state index in [1.165, 1.54) is 77.0 Å². The number of carboxylic acid groups (broad SMARTS) is 1. The van der Waals surface area contributed by atoms with E-state index in [-0.39, 0.29) is 24.5 Å². The Labute approximate surface area is 332 Å². The zero-order valence-corrected chi connectivity index (χ0v) is 34.8. The average molecular weight is 752 g/mol. The van der Waals surface area contributed by atoms with Crippen LogP contribution in [0.15, 0.2) is 72.9 Å². The Morgan fingerprint density at radius 1 is 0.500 bits per heavy atom. The maximum atomic E-state index is 12.7. The van der Waals surface area contributed by atoms with Gasteiger partial charge in [0.1, 0.15) is 12.6 Å². The third-order valence-corrected chi connectivity index (χ3v) is 9.41. The van der Waals surface area contributed by atoms with Crippen molar-refractivity contribution in [1.29, 1.82) is 0 Å². The van der Waals surface area contributed by atoms with E-state index in [2.05, 4.69) is 92.1 Å². The summed E-state index contributed by atoms with van der Waals surface area (Å²) in [5, 5.41) is 11.1. The second-order valence-corrected chi connectivity index (χ2v) is 14.6. The Balaban J connectivity index is 4.31. The van der Waals surface area contributed by atoms with Crippen molar-refractivity contribution in [1.82, 2.24) is 5.32 Å². The van der Waals surface area contributed by atoms with E-state index in [4.69, 9.17) is 9.84 Å². The van der Waals surface area contributed by atoms with Crippen LogP contribution in [-0.2, 0) is 19.1 Å². The number of rotatable bonds is 39. The third kappa shape index (κ3) is 41.6. The Morgan fingerprint density at radius 2 is 0.889 bits per heavy atom. The fraction of sp³-hybridized carbons (Fsp3) is 0.688. The van der Waals surface area contributed by atoms with Gasteiger partial charge < -0.3 is 15.2 Å². The fourth-order valence-electron chi connectivity index (χ4n) is 6.19. The molecule has 0 aliphatic heterocycles. The summed E-state index contributed by atoms with van der Waals surface area (Å²) < 4.78 is 5.99. The summed E-state index contributed by atoms with van der Waals surface area (Å²) in [5.41, 5.74) is 0.